The third-order valence-corrected chi connectivity index (χ3v) is 4.99. The molecule has 0 aliphatic carbocycles. The number of hydrogen-bond donors (Lipinski definition) is 2. The lowest BCUT2D eigenvalue weighted by Gasteiger charge is -2.11. The van der Waals surface area contributed by atoms with Gasteiger partial charge in [-0.15, -0.1) is 0 Å². The van der Waals surface area contributed by atoms with Gasteiger partial charge < -0.3 is 10.3 Å². The number of aromatic nitrogens is 3. The molecule has 1 aliphatic heterocycles. The van der Waals surface area contributed by atoms with Crippen LogP contribution in [-0.2, 0) is 6.42 Å². The molecule has 0 saturated carbocycles. The maximum Gasteiger partial charge on any atom is 0.253 e. The molecule has 28 heavy (non-hydrogen) atoms. The number of rotatable bonds is 3. The number of aromatic amines is 1. The lowest BCUT2D eigenvalue weighted by molar-refractivity contribution is 0.0946. The van der Waals surface area contributed by atoms with Crippen molar-refractivity contribution in [2.45, 2.75) is 6.42 Å². The summed E-state index contributed by atoms with van der Waals surface area (Å²) in [6, 6.07) is 22.1. The van der Waals surface area contributed by atoms with Crippen molar-refractivity contribution in [3.63, 3.8) is 0 Å². The number of benzene rings is 2. The third kappa shape index (κ3) is 2.87. The van der Waals surface area contributed by atoms with E-state index in [-0.39, 0.29) is 5.91 Å². The van der Waals surface area contributed by atoms with Gasteiger partial charge in [-0.2, -0.15) is 0 Å². The Balaban J connectivity index is 1.59. The van der Waals surface area contributed by atoms with Gasteiger partial charge in [0.15, 0.2) is 5.82 Å². The van der Waals surface area contributed by atoms with Crippen LogP contribution >= 0.6 is 0 Å². The summed E-state index contributed by atoms with van der Waals surface area (Å²) in [6.07, 6.45) is 2.56. The molecule has 2 N–H and O–H groups in total. The number of H-pyrrole nitrogens is 1. The summed E-state index contributed by atoms with van der Waals surface area (Å²) in [5.74, 6) is 0.626. The number of hydrogen-bond acceptors (Lipinski definition) is 3. The van der Waals surface area contributed by atoms with Crippen molar-refractivity contribution in [2.24, 2.45) is 0 Å². The fourth-order valence-electron chi connectivity index (χ4n) is 3.62. The molecule has 0 spiro atoms. The van der Waals surface area contributed by atoms with Gasteiger partial charge in [0.1, 0.15) is 0 Å². The summed E-state index contributed by atoms with van der Waals surface area (Å²) in [4.78, 5) is 24.7. The first-order valence-electron chi connectivity index (χ1n) is 9.28. The van der Waals surface area contributed by atoms with Crippen molar-refractivity contribution in [1.29, 1.82) is 0 Å². The van der Waals surface area contributed by atoms with Crippen LogP contribution in [0.5, 0.6) is 0 Å². The van der Waals surface area contributed by atoms with E-state index in [1.165, 1.54) is 0 Å². The summed E-state index contributed by atoms with van der Waals surface area (Å²) in [7, 11) is 0. The average Bonchev–Trinajstić information content (AvgIpc) is 3.20. The summed E-state index contributed by atoms with van der Waals surface area (Å²) in [5, 5.41) is 2.87. The highest BCUT2D eigenvalue weighted by Gasteiger charge is 2.20. The first-order valence-corrected chi connectivity index (χ1v) is 9.28. The van der Waals surface area contributed by atoms with Crippen LogP contribution in [0.15, 0.2) is 72.9 Å². The Morgan fingerprint density at radius 2 is 1.64 bits per heavy atom. The molecule has 0 fully saturated rings. The maximum absolute atomic E-state index is 12.1. The third-order valence-electron chi connectivity index (χ3n) is 4.99. The molecule has 0 unspecified atom stereocenters. The molecule has 0 radical (unpaired) electrons. The monoisotopic (exact) mass is 366 g/mol. The van der Waals surface area contributed by atoms with Crippen LogP contribution in [-0.4, -0.2) is 27.4 Å². The van der Waals surface area contributed by atoms with Crippen LogP contribution < -0.4 is 5.32 Å². The molecule has 0 bridgehead atoms. The van der Waals surface area contributed by atoms with Crippen LogP contribution in [0.4, 0.5) is 0 Å². The van der Waals surface area contributed by atoms with E-state index in [1.54, 1.807) is 6.20 Å². The molecule has 1 aliphatic rings. The van der Waals surface area contributed by atoms with Gasteiger partial charge >= 0.3 is 0 Å². The molecule has 4 aromatic rings. The second-order valence-corrected chi connectivity index (χ2v) is 6.76. The predicted molar refractivity (Wildman–Crippen MR) is 109 cm³/mol. The molecule has 2 aromatic heterocycles. The minimum Gasteiger partial charge on any atom is -0.356 e. The van der Waals surface area contributed by atoms with Crippen molar-refractivity contribution in [2.75, 3.05) is 6.54 Å². The minimum absolute atomic E-state index is 0.0348. The highest BCUT2D eigenvalue weighted by atomic mass is 16.1. The molecule has 5 heteroatoms. The molecule has 0 saturated heterocycles. The molecule has 0 atom stereocenters. The van der Waals surface area contributed by atoms with Crippen LogP contribution in [0, 0.1) is 0 Å². The second-order valence-electron chi connectivity index (χ2n) is 6.76. The molecular formula is C23H18N4O. The highest BCUT2D eigenvalue weighted by Crippen LogP contribution is 2.31. The number of nitrogens with zero attached hydrogens (tertiary/aromatic N) is 2. The normalized spacial score (nSPS) is 13.1. The first-order chi connectivity index (χ1) is 13.8. The Bertz CT molecular complexity index is 1160. The van der Waals surface area contributed by atoms with Gasteiger partial charge in [-0.25, -0.2) is 9.97 Å². The predicted octanol–water partition coefficient (Wildman–Crippen LogP) is 4.09. The lowest BCUT2D eigenvalue weighted by atomic mass is 9.99. The van der Waals surface area contributed by atoms with E-state index in [4.69, 9.17) is 4.98 Å². The van der Waals surface area contributed by atoms with Gasteiger partial charge in [-0.1, -0.05) is 54.6 Å². The Kier molecular flexibility index (Phi) is 3.98. The standard InChI is InChI=1S/C23H18N4O/c28-23-18-14-21(26-19(18)10-13-25-23)20-11-12-24-22(27-20)17-9-5-4-8-16(17)15-6-2-1-3-7-15/h1-9,11-12,14,26H,10,13H2,(H,25,28). The summed E-state index contributed by atoms with van der Waals surface area (Å²) in [6.45, 7) is 0.658. The SMILES string of the molecule is O=C1NCCc2[nH]c(-c3ccnc(-c4ccccc4-c4ccccc4)n3)cc21. The Hall–Kier alpha value is -3.73. The first kappa shape index (κ1) is 16.4. The van der Waals surface area contributed by atoms with Crippen molar-refractivity contribution in [3.8, 4) is 33.9 Å². The van der Waals surface area contributed by atoms with E-state index in [9.17, 15) is 4.79 Å². The number of carbonyl (C=O) groups excluding carboxylic acids is 1. The van der Waals surface area contributed by atoms with Crippen molar-refractivity contribution >= 4 is 5.91 Å². The lowest BCUT2D eigenvalue weighted by Crippen LogP contribution is -2.31. The van der Waals surface area contributed by atoms with Crippen LogP contribution in [0.3, 0.4) is 0 Å². The van der Waals surface area contributed by atoms with Gasteiger partial charge in [-0.05, 0) is 23.3 Å². The van der Waals surface area contributed by atoms with E-state index in [0.29, 0.717) is 17.9 Å². The molecule has 1 amide bonds. The quantitative estimate of drug-likeness (QED) is 0.574. The fourth-order valence-corrected chi connectivity index (χ4v) is 3.62. The Morgan fingerprint density at radius 1 is 0.857 bits per heavy atom. The zero-order valence-corrected chi connectivity index (χ0v) is 15.1. The number of amides is 1. The van der Waals surface area contributed by atoms with Gasteiger partial charge in [0.2, 0.25) is 0 Å². The topological polar surface area (TPSA) is 70.7 Å². The van der Waals surface area contributed by atoms with Crippen LogP contribution in [0.1, 0.15) is 16.1 Å². The Labute approximate surface area is 162 Å². The maximum atomic E-state index is 12.1. The van der Waals surface area contributed by atoms with Gasteiger partial charge in [-0.3, -0.25) is 4.79 Å². The molecule has 3 heterocycles. The van der Waals surface area contributed by atoms with E-state index < -0.39 is 0 Å². The molecule has 5 nitrogen and oxygen atoms in total. The van der Waals surface area contributed by atoms with Gasteiger partial charge in [0.05, 0.1) is 17.0 Å². The van der Waals surface area contributed by atoms with E-state index in [0.717, 1.165) is 40.2 Å². The van der Waals surface area contributed by atoms with Gasteiger partial charge in [0, 0.05) is 30.4 Å². The Morgan fingerprint density at radius 3 is 2.46 bits per heavy atom. The molecular weight excluding hydrogens is 348 g/mol. The van der Waals surface area contributed by atoms with Crippen LogP contribution in [0.25, 0.3) is 33.9 Å². The zero-order chi connectivity index (χ0) is 18.9. The molecule has 5 rings (SSSR count). The van der Waals surface area contributed by atoms with Crippen molar-refractivity contribution in [3.05, 3.63) is 84.2 Å². The van der Waals surface area contributed by atoms with E-state index >= 15 is 0 Å². The fraction of sp³-hybridized carbons (Fsp3) is 0.0870. The van der Waals surface area contributed by atoms with E-state index in [1.807, 2.05) is 48.5 Å². The second kappa shape index (κ2) is 6.78. The average molecular weight is 366 g/mol. The minimum atomic E-state index is -0.0348. The summed E-state index contributed by atoms with van der Waals surface area (Å²) < 4.78 is 0. The summed E-state index contributed by atoms with van der Waals surface area (Å²) in [5.41, 5.74) is 6.46. The number of fused-ring (bicyclic) bond motifs is 1. The van der Waals surface area contributed by atoms with Crippen molar-refractivity contribution in [1.82, 2.24) is 20.3 Å². The van der Waals surface area contributed by atoms with Gasteiger partial charge in [0.25, 0.3) is 5.91 Å². The van der Waals surface area contributed by atoms with Crippen molar-refractivity contribution < 1.29 is 4.79 Å². The largest absolute Gasteiger partial charge is 0.356 e. The smallest absolute Gasteiger partial charge is 0.253 e. The highest BCUT2D eigenvalue weighted by molar-refractivity contribution is 5.97. The summed E-state index contributed by atoms with van der Waals surface area (Å²) >= 11 is 0. The van der Waals surface area contributed by atoms with E-state index in [2.05, 4.69) is 33.5 Å². The molecule has 136 valence electrons. The number of nitrogens with one attached hydrogen (secondary N) is 2. The van der Waals surface area contributed by atoms with Crippen LogP contribution in [0.2, 0.25) is 0 Å². The zero-order valence-electron chi connectivity index (χ0n) is 15.1. The molecule has 2 aromatic carbocycles. The number of carbonyl (C=O) groups is 1.